The molecule has 0 aliphatic heterocycles. The molecule has 12 rings (SSSR count). The van der Waals surface area contributed by atoms with Crippen molar-refractivity contribution in [3.63, 3.8) is 0 Å². The van der Waals surface area contributed by atoms with Gasteiger partial charge in [-0.1, -0.05) is 208 Å². The average Bonchev–Trinajstić information content (AvgIpc) is 3.86. The van der Waals surface area contributed by atoms with Gasteiger partial charge in [-0.15, -0.1) is 0 Å². The van der Waals surface area contributed by atoms with Crippen LogP contribution in [0.25, 0.3) is 88.7 Å². The molecule has 0 amide bonds. The minimum atomic E-state index is -0.0671. The molecular formula is C63H45NO. The van der Waals surface area contributed by atoms with Gasteiger partial charge < -0.3 is 9.32 Å². The molecule has 0 unspecified atom stereocenters. The van der Waals surface area contributed by atoms with Crippen LogP contribution < -0.4 is 4.90 Å². The molecule has 0 atom stereocenters. The van der Waals surface area contributed by atoms with Crippen LogP contribution in [0.3, 0.4) is 0 Å². The monoisotopic (exact) mass is 831 g/mol. The molecule has 0 radical (unpaired) electrons. The summed E-state index contributed by atoms with van der Waals surface area (Å²) in [5, 5.41) is 2.26. The van der Waals surface area contributed by atoms with Gasteiger partial charge in [0, 0.05) is 38.7 Å². The summed E-state index contributed by atoms with van der Waals surface area (Å²) in [7, 11) is 0. The van der Waals surface area contributed by atoms with Crippen molar-refractivity contribution in [2.24, 2.45) is 0 Å². The Morgan fingerprint density at radius 1 is 0.323 bits per heavy atom. The lowest BCUT2D eigenvalue weighted by atomic mass is 9.81. The number of rotatable bonds is 8. The Labute approximate surface area is 380 Å². The first-order valence-electron chi connectivity index (χ1n) is 22.5. The highest BCUT2D eigenvalue weighted by Gasteiger charge is 2.35. The lowest BCUT2D eigenvalue weighted by Gasteiger charge is -2.29. The van der Waals surface area contributed by atoms with Crippen LogP contribution in [-0.4, -0.2) is 0 Å². The van der Waals surface area contributed by atoms with Crippen LogP contribution in [0.15, 0.2) is 241 Å². The Morgan fingerprint density at radius 2 is 0.815 bits per heavy atom. The summed E-state index contributed by atoms with van der Waals surface area (Å²) in [4.78, 5) is 2.41. The Hall–Kier alpha value is -8.20. The standard InChI is InChI=1S/C63H45NO/c1-63(2)58-28-13-10-23-53(58)54-40-35-45(41-59(54)63)42-31-36-46(37-32-42)64(47-38-33-44(34-39-47)49-26-16-27-57-56-25-12-15-30-61(56)65-62(49)57)60-29-14-11-24-55(60)52-22-9-8-21-51(52)50-20-7-6-19-48(50)43-17-4-3-5-18-43/h3-41H,1-2H3. The summed E-state index contributed by atoms with van der Waals surface area (Å²) in [6.45, 7) is 4.70. The van der Waals surface area contributed by atoms with Crippen molar-refractivity contribution in [3.05, 3.63) is 248 Å². The molecule has 11 aromatic rings. The first-order valence-corrected chi connectivity index (χ1v) is 22.5. The van der Waals surface area contributed by atoms with Crippen LogP contribution in [0.4, 0.5) is 17.1 Å². The van der Waals surface area contributed by atoms with Crippen molar-refractivity contribution in [1.29, 1.82) is 0 Å². The van der Waals surface area contributed by atoms with Crippen molar-refractivity contribution in [2.45, 2.75) is 19.3 Å². The molecule has 0 bridgehead atoms. The maximum atomic E-state index is 6.49. The van der Waals surface area contributed by atoms with Gasteiger partial charge in [-0.25, -0.2) is 0 Å². The first-order chi connectivity index (χ1) is 32.0. The molecule has 1 heterocycles. The highest BCUT2D eigenvalue weighted by atomic mass is 16.3. The second-order valence-electron chi connectivity index (χ2n) is 17.6. The zero-order chi connectivity index (χ0) is 43.5. The number of nitrogens with zero attached hydrogens (tertiary/aromatic N) is 1. The fourth-order valence-corrected chi connectivity index (χ4v) is 10.3. The molecule has 0 N–H and O–H groups in total. The maximum Gasteiger partial charge on any atom is 0.143 e. The van der Waals surface area contributed by atoms with E-state index in [1.54, 1.807) is 0 Å². The Balaban J connectivity index is 0.991. The second-order valence-corrected chi connectivity index (χ2v) is 17.6. The fraction of sp³-hybridized carbons (Fsp3) is 0.0476. The van der Waals surface area contributed by atoms with Gasteiger partial charge in [-0.2, -0.15) is 0 Å². The Morgan fingerprint density at radius 3 is 1.55 bits per heavy atom. The molecule has 65 heavy (non-hydrogen) atoms. The third-order valence-corrected chi connectivity index (χ3v) is 13.5. The van der Waals surface area contributed by atoms with E-state index in [0.29, 0.717) is 0 Å². The smallest absolute Gasteiger partial charge is 0.143 e. The normalized spacial score (nSPS) is 12.6. The van der Waals surface area contributed by atoms with E-state index in [0.717, 1.165) is 55.7 Å². The zero-order valence-corrected chi connectivity index (χ0v) is 36.4. The fourth-order valence-electron chi connectivity index (χ4n) is 10.3. The summed E-state index contributed by atoms with van der Waals surface area (Å²) in [5.41, 5.74) is 22.1. The van der Waals surface area contributed by atoms with Crippen molar-refractivity contribution in [3.8, 4) is 66.8 Å². The van der Waals surface area contributed by atoms with E-state index in [1.807, 2.05) is 12.1 Å². The van der Waals surface area contributed by atoms with Gasteiger partial charge in [0.1, 0.15) is 11.2 Å². The molecule has 0 saturated carbocycles. The zero-order valence-electron chi connectivity index (χ0n) is 36.4. The predicted octanol–water partition coefficient (Wildman–Crippen LogP) is 17.7. The number of hydrogen-bond donors (Lipinski definition) is 0. The summed E-state index contributed by atoms with van der Waals surface area (Å²) >= 11 is 0. The van der Waals surface area contributed by atoms with Crippen LogP contribution >= 0.6 is 0 Å². The first kappa shape index (κ1) is 38.5. The van der Waals surface area contributed by atoms with Gasteiger partial charge in [-0.3, -0.25) is 0 Å². The lowest BCUT2D eigenvalue weighted by molar-refractivity contribution is 0.660. The Kier molecular flexibility index (Phi) is 9.21. The Bertz CT molecular complexity index is 3560. The summed E-state index contributed by atoms with van der Waals surface area (Å²) in [6.07, 6.45) is 0. The van der Waals surface area contributed by atoms with Crippen LogP contribution in [0.2, 0.25) is 0 Å². The number of para-hydroxylation sites is 3. The van der Waals surface area contributed by atoms with E-state index >= 15 is 0 Å². The van der Waals surface area contributed by atoms with E-state index in [-0.39, 0.29) is 5.41 Å². The van der Waals surface area contributed by atoms with E-state index in [1.165, 1.54) is 61.2 Å². The molecule has 308 valence electrons. The van der Waals surface area contributed by atoms with Gasteiger partial charge in [0.15, 0.2) is 0 Å². The molecule has 1 aromatic heterocycles. The number of anilines is 3. The molecule has 0 spiro atoms. The van der Waals surface area contributed by atoms with Crippen molar-refractivity contribution in [1.82, 2.24) is 0 Å². The highest BCUT2D eigenvalue weighted by molar-refractivity contribution is 6.09. The number of hydrogen-bond acceptors (Lipinski definition) is 2. The highest BCUT2D eigenvalue weighted by Crippen LogP contribution is 2.50. The minimum Gasteiger partial charge on any atom is -0.455 e. The maximum absolute atomic E-state index is 6.49. The van der Waals surface area contributed by atoms with Gasteiger partial charge in [0.05, 0.1) is 5.69 Å². The lowest BCUT2D eigenvalue weighted by Crippen LogP contribution is -2.14. The van der Waals surface area contributed by atoms with Gasteiger partial charge in [-0.05, 0) is 109 Å². The third kappa shape index (κ3) is 6.49. The minimum absolute atomic E-state index is 0.0671. The number of benzene rings is 10. The summed E-state index contributed by atoms with van der Waals surface area (Å²) in [5.74, 6) is 0. The third-order valence-electron chi connectivity index (χ3n) is 13.5. The summed E-state index contributed by atoms with van der Waals surface area (Å²) in [6, 6.07) is 85.8. The summed E-state index contributed by atoms with van der Waals surface area (Å²) < 4.78 is 6.49. The van der Waals surface area contributed by atoms with Crippen LogP contribution in [0.5, 0.6) is 0 Å². The molecule has 10 aromatic carbocycles. The van der Waals surface area contributed by atoms with E-state index < -0.39 is 0 Å². The van der Waals surface area contributed by atoms with Gasteiger partial charge in [0.25, 0.3) is 0 Å². The van der Waals surface area contributed by atoms with Crippen molar-refractivity contribution >= 4 is 39.0 Å². The second kappa shape index (κ2) is 15.6. The molecular weight excluding hydrogens is 787 g/mol. The molecule has 1 aliphatic carbocycles. The van der Waals surface area contributed by atoms with E-state index in [4.69, 9.17) is 4.42 Å². The van der Waals surface area contributed by atoms with Crippen molar-refractivity contribution in [2.75, 3.05) is 4.90 Å². The number of fused-ring (bicyclic) bond motifs is 6. The van der Waals surface area contributed by atoms with Crippen molar-refractivity contribution < 1.29 is 4.42 Å². The molecule has 1 aliphatic rings. The predicted molar refractivity (Wildman–Crippen MR) is 273 cm³/mol. The molecule has 2 nitrogen and oxygen atoms in total. The van der Waals surface area contributed by atoms with Gasteiger partial charge >= 0.3 is 0 Å². The molecule has 2 heteroatoms. The van der Waals surface area contributed by atoms with Crippen LogP contribution in [0, 0.1) is 0 Å². The van der Waals surface area contributed by atoms with Gasteiger partial charge in [0.2, 0.25) is 0 Å². The SMILES string of the molecule is CC1(C)c2ccccc2-c2ccc(-c3ccc(N(c4ccc(-c5cccc6c5oc5ccccc56)cc4)c4ccccc4-c4ccccc4-c4ccccc4-c4ccccc4)cc3)cc21. The topological polar surface area (TPSA) is 16.4 Å². The van der Waals surface area contributed by atoms with E-state index in [2.05, 4.69) is 243 Å². The molecule has 0 fully saturated rings. The van der Waals surface area contributed by atoms with E-state index in [9.17, 15) is 0 Å². The average molecular weight is 832 g/mol. The largest absolute Gasteiger partial charge is 0.455 e. The molecule has 0 saturated heterocycles. The quantitative estimate of drug-likeness (QED) is 0.152. The number of furan rings is 1. The van der Waals surface area contributed by atoms with Crippen LogP contribution in [0.1, 0.15) is 25.0 Å². The van der Waals surface area contributed by atoms with Crippen LogP contribution in [-0.2, 0) is 5.41 Å².